The molecule has 0 aromatic heterocycles. The van der Waals surface area contributed by atoms with Gasteiger partial charge in [-0.3, -0.25) is 9.59 Å². The molecular weight excluding hydrogens is 336 g/mol. The topological polar surface area (TPSA) is 71.1 Å². The molecule has 6 nitrogen and oxygen atoms in total. The Kier molecular flexibility index (Phi) is 5.92. The quantitative estimate of drug-likeness (QED) is 0.644. The van der Waals surface area contributed by atoms with Crippen LogP contribution in [0.4, 0.5) is 0 Å². The van der Waals surface area contributed by atoms with Gasteiger partial charge in [-0.15, -0.1) is 0 Å². The normalized spacial score (nSPS) is 39.1. The van der Waals surface area contributed by atoms with E-state index in [0.717, 1.165) is 19.3 Å². The smallest absolute Gasteiger partial charge is 0.309 e. The SMILES string of the molecule is CCC1OC(CC)C2C3OC(CC3C(CC(=O)OC(C)C)OC(C)=O)C12. The molecule has 26 heavy (non-hydrogen) atoms. The predicted octanol–water partition coefficient (Wildman–Crippen LogP) is 2.87. The van der Waals surface area contributed by atoms with E-state index in [9.17, 15) is 9.59 Å². The summed E-state index contributed by atoms with van der Waals surface area (Å²) in [5.41, 5.74) is 0. The summed E-state index contributed by atoms with van der Waals surface area (Å²) in [6.07, 6.45) is 2.72. The second kappa shape index (κ2) is 7.85. The molecule has 6 heteroatoms. The Hall–Kier alpha value is -1.14. The van der Waals surface area contributed by atoms with Crippen molar-refractivity contribution in [3.05, 3.63) is 0 Å². The number of esters is 2. The number of hydrogen-bond acceptors (Lipinski definition) is 6. The first-order valence-electron chi connectivity index (χ1n) is 10.0. The van der Waals surface area contributed by atoms with E-state index in [1.807, 2.05) is 13.8 Å². The van der Waals surface area contributed by atoms with Gasteiger partial charge >= 0.3 is 11.9 Å². The van der Waals surface area contributed by atoms with E-state index in [-0.39, 0.29) is 54.8 Å². The molecule has 3 aliphatic rings. The summed E-state index contributed by atoms with van der Waals surface area (Å²) in [4.78, 5) is 23.8. The Morgan fingerprint density at radius 1 is 1.04 bits per heavy atom. The monoisotopic (exact) mass is 368 g/mol. The van der Waals surface area contributed by atoms with Crippen molar-refractivity contribution in [2.24, 2.45) is 17.8 Å². The van der Waals surface area contributed by atoms with Crippen molar-refractivity contribution in [2.45, 2.75) is 96.9 Å². The van der Waals surface area contributed by atoms with Gasteiger partial charge in [0.25, 0.3) is 0 Å². The second-order valence-corrected chi connectivity index (χ2v) is 8.11. The van der Waals surface area contributed by atoms with Crippen molar-refractivity contribution in [1.29, 1.82) is 0 Å². The van der Waals surface area contributed by atoms with Crippen LogP contribution < -0.4 is 0 Å². The molecule has 3 heterocycles. The fraction of sp³-hybridized carbons (Fsp3) is 0.900. The molecule has 0 aliphatic carbocycles. The molecule has 0 aromatic carbocycles. The molecule has 3 aliphatic heterocycles. The van der Waals surface area contributed by atoms with Gasteiger partial charge in [0.15, 0.2) is 0 Å². The van der Waals surface area contributed by atoms with Crippen LogP contribution in [-0.4, -0.2) is 48.6 Å². The molecule has 8 atom stereocenters. The maximum absolute atomic E-state index is 12.2. The third kappa shape index (κ3) is 3.63. The summed E-state index contributed by atoms with van der Waals surface area (Å²) in [5.74, 6) is 0.0809. The summed E-state index contributed by atoms with van der Waals surface area (Å²) in [5, 5.41) is 0. The number of carbonyl (C=O) groups excluding carboxylic acids is 2. The molecule has 0 aromatic rings. The summed E-state index contributed by atoms with van der Waals surface area (Å²) in [6.45, 7) is 9.32. The number of ether oxygens (including phenoxy) is 4. The van der Waals surface area contributed by atoms with Crippen LogP contribution in [0.25, 0.3) is 0 Å². The van der Waals surface area contributed by atoms with E-state index in [1.165, 1.54) is 6.92 Å². The molecule has 0 saturated carbocycles. The van der Waals surface area contributed by atoms with Gasteiger partial charge in [0, 0.05) is 24.7 Å². The fourth-order valence-corrected chi connectivity index (χ4v) is 5.27. The van der Waals surface area contributed by atoms with Crippen LogP contribution in [0.3, 0.4) is 0 Å². The first-order chi connectivity index (χ1) is 12.3. The predicted molar refractivity (Wildman–Crippen MR) is 94.4 cm³/mol. The molecule has 2 bridgehead atoms. The van der Waals surface area contributed by atoms with Crippen LogP contribution in [0.15, 0.2) is 0 Å². The van der Waals surface area contributed by atoms with E-state index in [4.69, 9.17) is 18.9 Å². The molecule has 0 spiro atoms. The van der Waals surface area contributed by atoms with Crippen molar-refractivity contribution in [1.82, 2.24) is 0 Å². The molecule has 0 radical (unpaired) electrons. The zero-order valence-corrected chi connectivity index (χ0v) is 16.5. The van der Waals surface area contributed by atoms with Gasteiger partial charge in [0.2, 0.25) is 0 Å². The minimum absolute atomic E-state index is 0.0114. The third-order valence-corrected chi connectivity index (χ3v) is 6.05. The first kappa shape index (κ1) is 19.6. The number of carbonyl (C=O) groups is 2. The Labute approximate surface area is 155 Å². The zero-order valence-electron chi connectivity index (χ0n) is 16.5. The summed E-state index contributed by atoms with van der Waals surface area (Å²) in [6, 6.07) is 0. The summed E-state index contributed by atoms with van der Waals surface area (Å²) < 4.78 is 23.4. The van der Waals surface area contributed by atoms with Gasteiger partial charge in [0.1, 0.15) is 6.10 Å². The lowest BCUT2D eigenvalue weighted by Gasteiger charge is -2.34. The molecule has 3 saturated heterocycles. The van der Waals surface area contributed by atoms with E-state index in [0.29, 0.717) is 11.8 Å². The first-order valence-corrected chi connectivity index (χ1v) is 10.0. The van der Waals surface area contributed by atoms with Crippen LogP contribution in [0, 0.1) is 17.8 Å². The molecular formula is C20H32O6. The molecule has 3 rings (SSSR count). The Balaban J connectivity index is 1.75. The Morgan fingerprint density at radius 3 is 2.27 bits per heavy atom. The highest BCUT2D eigenvalue weighted by Crippen LogP contribution is 2.56. The number of fused-ring (bicyclic) bond motifs is 5. The van der Waals surface area contributed by atoms with Crippen molar-refractivity contribution >= 4 is 11.9 Å². The third-order valence-electron chi connectivity index (χ3n) is 6.05. The summed E-state index contributed by atoms with van der Waals surface area (Å²) in [7, 11) is 0. The van der Waals surface area contributed by atoms with Gasteiger partial charge in [-0.2, -0.15) is 0 Å². The maximum Gasteiger partial charge on any atom is 0.309 e. The minimum Gasteiger partial charge on any atom is -0.463 e. The average molecular weight is 368 g/mol. The molecule has 0 amide bonds. The van der Waals surface area contributed by atoms with Crippen molar-refractivity contribution in [3.63, 3.8) is 0 Å². The number of hydrogen-bond donors (Lipinski definition) is 0. The lowest BCUT2D eigenvalue weighted by atomic mass is 9.69. The van der Waals surface area contributed by atoms with Crippen LogP contribution in [0.5, 0.6) is 0 Å². The highest BCUT2D eigenvalue weighted by atomic mass is 16.6. The molecule has 8 unspecified atom stereocenters. The lowest BCUT2D eigenvalue weighted by molar-refractivity contribution is -0.159. The minimum atomic E-state index is -0.493. The largest absolute Gasteiger partial charge is 0.463 e. The number of rotatable bonds is 7. The van der Waals surface area contributed by atoms with Crippen molar-refractivity contribution < 1.29 is 28.5 Å². The highest BCUT2D eigenvalue weighted by molar-refractivity contribution is 5.71. The summed E-state index contributed by atoms with van der Waals surface area (Å²) >= 11 is 0. The average Bonchev–Trinajstić information content (AvgIpc) is 3.23. The standard InChI is InChI=1S/C20H32O6/c1-6-13-18-16-8-12(20(26-16)19(18)14(7-2)25-13)15(24-11(5)21)9-17(22)23-10(3)4/h10,12-16,18-20H,6-9H2,1-5H3. The lowest BCUT2D eigenvalue weighted by Crippen LogP contribution is -2.44. The van der Waals surface area contributed by atoms with E-state index in [1.54, 1.807) is 0 Å². The molecule has 3 fully saturated rings. The Morgan fingerprint density at radius 2 is 1.69 bits per heavy atom. The molecule has 0 N–H and O–H groups in total. The fourth-order valence-electron chi connectivity index (χ4n) is 5.27. The second-order valence-electron chi connectivity index (χ2n) is 8.11. The van der Waals surface area contributed by atoms with Crippen molar-refractivity contribution in [3.8, 4) is 0 Å². The van der Waals surface area contributed by atoms with Crippen molar-refractivity contribution in [2.75, 3.05) is 0 Å². The van der Waals surface area contributed by atoms with E-state index >= 15 is 0 Å². The van der Waals surface area contributed by atoms with E-state index in [2.05, 4.69) is 13.8 Å². The van der Waals surface area contributed by atoms with Gasteiger partial charge in [0.05, 0.1) is 36.9 Å². The van der Waals surface area contributed by atoms with Gasteiger partial charge < -0.3 is 18.9 Å². The zero-order chi connectivity index (χ0) is 19.0. The van der Waals surface area contributed by atoms with Crippen LogP contribution in [-0.2, 0) is 28.5 Å². The van der Waals surface area contributed by atoms with Crippen LogP contribution in [0.1, 0.15) is 60.3 Å². The molecule has 148 valence electrons. The van der Waals surface area contributed by atoms with Gasteiger partial charge in [-0.25, -0.2) is 0 Å². The van der Waals surface area contributed by atoms with Gasteiger partial charge in [-0.05, 0) is 33.1 Å². The van der Waals surface area contributed by atoms with Crippen LogP contribution >= 0.6 is 0 Å². The Bertz CT molecular complexity index is 532. The van der Waals surface area contributed by atoms with Crippen LogP contribution in [0.2, 0.25) is 0 Å². The maximum atomic E-state index is 12.2. The van der Waals surface area contributed by atoms with Gasteiger partial charge in [-0.1, -0.05) is 13.8 Å². The highest BCUT2D eigenvalue weighted by Gasteiger charge is 2.63. The van der Waals surface area contributed by atoms with E-state index < -0.39 is 6.10 Å².